The first-order valence-electron chi connectivity index (χ1n) is 5.82. The van der Waals surface area contributed by atoms with Gasteiger partial charge in [0.25, 0.3) is 0 Å². The maximum absolute atomic E-state index is 13.7. The molecule has 0 fully saturated rings. The molecule has 0 aromatic heterocycles. The summed E-state index contributed by atoms with van der Waals surface area (Å²) in [6.45, 7) is 3.45. The highest BCUT2D eigenvalue weighted by Gasteiger charge is 2.36. The first kappa shape index (κ1) is 15.0. The van der Waals surface area contributed by atoms with E-state index in [-0.39, 0.29) is 0 Å². The molecule has 1 aromatic rings. The van der Waals surface area contributed by atoms with E-state index >= 15 is 0 Å². The minimum absolute atomic E-state index is 0.291. The van der Waals surface area contributed by atoms with Gasteiger partial charge in [0.2, 0.25) is 5.82 Å². The molecule has 0 aliphatic carbocycles. The van der Waals surface area contributed by atoms with E-state index in [1.54, 1.807) is 13.8 Å². The van der Waals surface area contributed by atoms with E-state index in [0.29, 0.717) is 19.3 Å². The zero-order chi connectivity index (χ0) is 14.1. The van der Waals surface area contributed by atoms with Crippen molar-refractivity contribution in [1.82, 2.24) is 0 Å². The highest BCUT2D eigenvalue weighted by molar-refractivity contribution is 6.16. The lowest BCUT2D eigenvalue weighted by atomic mass is 9.59. The minimum Gasteiger partial charge on any atom is -0.203 e. The third kappa shape index (κ3) is 2.25. The zero-order valence-electron chi connectivity index (χ0n) is 10.5. The summed E-state index contributed by atoms with van der Waals surface area (Å²) < 4.78 is 66.6. The third-order valence-corrected chi connectivity index (χ3v) is 3.40. The molecule has 0 saturated carbocycles. The van der Waals surface area contributed by atoms with Crippen molar-refractivity contribution in [3.63, 3.8) is 0 Å². The van der Waals surface area contributed by atoms with Crippen LogP contribution in [0.5, 0.6) is 0 Å². The first-order valence-corrected chi connectivity index (χ1v) is 5.82. The van der Waals surface area contributed by atoms with Gasteiger partial charge >= 0.3 is 0 Å². The summed E-state index contributed by atoms with van der Waals surface area (Å²) in [5.74, 6) is -9.29. The number of rotatable bonds is 4. The second-order valence-electron chi connectivity index (χ2n) is 4.61. The Labute approximate surface area is 104 Å². The van der Waals surface area contributed by atoms with E-state index in [0.717, 1.165) is 0 Å². The molecule has 0 heterocycles. The third-order valence-electron chi connectivity index (χ3n) is 3.40. The van der Waals surface area contributed by atoms with Gasteiger partial charge in [0.1, 0.15) is 7.85 Å². The molecule has 0 spiro atoms. The molecule has 6 heteroatoms. The monoisotopic (exact) mass is 264 g/mol. The predicted octanol–water partition coefficient (Wildman–Crippen LogP) is 3.42. The van der Waals surface area contributed by atoms with Gasteiger partial charge in [-0.05, 0) is 5.31 Å². The van der Waals surface area contributed by atoms with Crippen LogP contribution in [0.4, 0.5) is 22.0 Å². The van der Waals surface area contributed by atoms with Gasteiger partial charge < -0.3 is 0 Å². The summed E-state index contributed by atoms with van der Waals surface area (Å²) in [5.41, 5.74) is -0.705. The standard InChI is InChI=1S/C12H14BF5/c1-3-5-12(13,4-2)6-7(14)9(16)11(18)10(17)8(6)15/h3-5,13H2,1-2H3. The fourth-order valence-electron chi connectivity index (χ4n) is 2.17. The van der Waals surface area contributed by atoms with Gasteiger partial charge in [-0.25, -0.2) is 22.0 Å². The van der Waals surface area contributed by atoms with Crippen LogP contribution in [0.1, 0.15) is 38.7 Å². The topological polar surface area (TPSA) is 0 Å². The number of hydrogen-bond donors (Lipinski definition) is 0. The van der Waals surface area contributed by atoms with Crippen molar-refractivity contribution in [2.24, 2.45) is 0 Å². The van der Waals surface area contributed by atoms with Gasteiger partial charge in [-0.2, -0.15) is 0 Å². The van der Waals surface area contributed by atoms with Crippen LogP contribution < -0.4 is 0 Å². The molecule has 0 radical (unpaired) electrons. The average Bonchev–Trinajstić information content (AvgIpc) is 2.34. The quantitative estimate of drug-likeness (QED) is 0.338. The molecular weight excluding hydrogens is 250 g/mol. The van der Waals surface area contributed by atoms with Crippen LogP contribution in [0.15, 0.2) is 0 Å². The molecule has 0 aliphatic rings. The summed E-state index contributed by atoms with van der Waals surface area (Å²) >= 11 is 0. The molecule has 0 nitrogen and oxygen atoms in total. The maximum atomic E-state index is 13.7. The van der Waals surface area contributed by atoms with Crippen molar-refractivity contribution >= 4 is 7.85 Å². The van der Waals surface area contributed by atoms with Gasteiger partial charge in [0.05, 0.1) is 0 Å². The summed E-state index contributed by atoms with van der Waals surface area (Å²) in [7, 11) is 1.51. The maximum Gasteiger partial charge on any atom is 0.200 e. The van der Waals surface area contributed by atoms with E-state index in [1.165, 1.54) is 7.85 Å². The van der Waals surface area contributed by atoms with E-state index in [9.17, 15) is 22.0 Å². The van der Waals surface area contributed by atoms with Crippen molar-refractivity contribution in [3.8, 4) is 0 Å². The van der Waals surface area contributed by atoms with E-state index in [1.807, 2.05) is 0 Å². The van der Waals surface area contributed by atoms with E-state index < -0.39 is 40.0 Å². The van der Waals surface area contributed by atoms with Crippen LogP contribution in [-0.4, -0.2) is 7.85 Å². The molecule has 0 aliphatic heterocycles. The van der Waals surface area contributed by atoms with Crippen molar-refractivity contribution < 1.29 is 22.0 Å². The number of benzene rings is 1. The zero-order valence-corrected chi connectivity index (χ0v) is 10.5. The Morgan fingerprint density at radius 3 is 1.56 bits per heavy atom. The van der Waals surface area contributed by atoms with Gasteiger partial charge in [0, 0.05) is 5.56 Å². The Morgan fingerprint density at radius 1 is 0.833 bits per heavy atom. The predicted molar refractivity (Wildman–Crippen MR) is 61.7 cm³/mol. The van der Waals surface area contributed by atoms with Crippen molar-refractivity contribution in [3.05, 3.63) is 34.6 Å². The Kier molecular flexibility index (Phi) is 4.40. The van der Waals surface area contributed by atoms with Crippen LogP contribution in [0.2, 0.25) is 0 Å². The summed E-state index contributed by atoms with van der Waals surface area (Å²) in [4.78, 5) is 0. The van der Waals surface area contributed by atoms with Crippen LogP contribution >= 0.6 is 0 Å². The van der Waals surface area contributed by atoms with Gasteiger partial charge in [-0.1, -0.05) is 33.1 Å². The second kappa shape index (κ2) is 5.28. The molecule has 0 bridgehead atoms. The van der Waals surface area contributed by atoms with Crippen LogP contribution in [0.25, 0.3) is 0 Å². The van der Waals surface area contributed by atoms with Crippen LogP contribution in [0, 0.1) is 29.1 Å². The fraction of sp³-hybridized carbons (Fsp3) is 0.500. The highest BCUT2D eigenvalue weighted by atomic mass is 19.2. The molecule has 1 aromatic carbocycles. The van der Waals surface area contributed by atoms with Crippen LogP contribution in [0.3, 0.4) is 0 Å². The fourth-order valence-corrected chi connectivity index (χ4v) is 2.17. The van der Waals surface area contributed by atoms with Crippen LogP contribution in [-0.2, 0) is 5.31 Å². The lowest BCUT2D eigenvalue weighted by Crippen LogP contribution is -2.30. The van der Waals surface area contributed by atoms with Gasteiger partial charge in [0.15, 0.2) is 23.3 Å². The first-order chi connectivity index (χ1) is 8.30. The molecule has 1 unspecified atom stereocenters. The molecule has 1 rings (SSSR count). The molecule has 1 atom stereocenters. The highest BCUT2D eigenvalue weighted by Crippen LogP contribution is 2.36. The Bertz CT molecular complexity index is 431. The lowest BCUT2D eigenvalue weighted by Gasteiger charge is -2.29. The number of halogens is 5. The summed E-state index contributed by atoms with van der Waals surface area (Å²) in [6.07, 6.45) is 1.23. The Balaban J connectivity index is 3.59. The van der Waals surface area contributed by atoms with Crippen molar-refractivity contribution in [2.45, 2.75) is 38.4 Å². The summed E-state index contributed by atoms with van der Waals surface area (Å²) in [6, 6.07) is 0. The smallest absolute Gasteiger partial charge is 0.200 e. The SMILES string of the molecule is BC(CC)(CCC)c1c(F)c(F)c(F)c(F)c1F. The van der Waals surface area contributed by atoms with Crippen molar-refractivity contribution in [1.29, 1.82) is 0 Å². The molecular formula is C12H14BF5. The minimum atomic E-state index is -2.11. The Hall–Kier alpha value is -1.07. The molecule has 18 heavy (non-hydrogen) atoms. The molecule has 0 N–H and O–H groups in total. The Morgan fingerprint density at radius 2 is 1.22 bits per heavy atom. The molecule has 0 saturated heterocycles. The van der Waals surface area contributed by atoms with Gasteiger partial charge in [-0.3, -0.25) is 0 Å². The second-order valence-corrected chi connectivity index (χ2v) is 4.61. The van der Waals surface area contributed by atoms with E-state index in [2.05, 4.69) is 0 Å². The lowest BCUT2D eigenvalue weighted by molar-refractivity contribution is 0.351. The van der Waals surface area contributed by atoms with Gasteiger partial charge in [-0.15, -0.1) is 0 Å². The van der Waals surface area contributed by atoms with E-state index in [4.69, 9.17) is 0 Å². The molecule has 0 amide bonds. The van der Waals surface area contributed by atoms with Crippen molar-refractivity contribution in [2.75, 3.05) is 0 Å². The number of hydrogen-bond acceptors (Lipinski definition) is 0. The normalized spacial score (nSPS) is 14.6. The summed E-state index contributed by atoms with van der Waals surface area (Å²) in [5, 5.41) is -1.06. The largest absolute Gasteiger partial charge is 0.203 e. The average molecular weight is 264 g/mol. The molecule has 100 valence electrons.